The number of halogens is 1. The van der Waals surface area contributed by atoms with Crippen LogP contribution >= 0.6 is 34.3 Å². The topological polar surface area (TPSA) is 54.0 Å². The van der Waals surface area contributed by atoms with Crippen molar-refractivity contribution in [2.45, 2.75) is 13.0 Å². The van der Waals surface area contributed by atoms with Crippen LogP contribution in [-0.4, -0.2) is 11.0 Å². The molecule has 4 nitrogen and oxygen atoms in total. The Morgan fingerprint density at radius 1 is 1.24 bits per heavy atom. The molecule has 2 heterocycles. The molecule has 1 aromatic carbocycles. The zero-order valence-electron chi connectivity index (χ0n) is 11.1. The highest BCUT2D eigenvalue weighted by atomic mass is 35.5. The summed E-state index contributed by atoms with van der Waals surface area (Å²) in [5.41, 5.74) is 0.885. The summed E-state index contributed by atoms with van der Waals surface area (Å²) < 4.78 is 1.76. The molecule has 21 heavy (non-hydrogen) atoms. The van der Waals surface area contributed by atoms with Crippen molar-refractivity contribution < 1.29 is 4.79 Å². The summed E-state index contributed by atoms with van der Waals surface area (Å²) >= 11 is 8.81. The number of thiazole rings is 1. The average Bonchev–Trinajstić information content (AvgIpc) is 3.03. The molecular weight excluding hydrogens is 326 g/mol. The number of urea groups is 1. The van der Waals surface area contributed by atoms with Crippen LogP contribution in [0.2, 0.25) is 4.34 Å². The molecule has 0 aliphatic heterocycles. The van der Waals surface area contributed by atoms with E-state index in [-0.39, 0.29) is 12.1 Å². The lowest BCUT2D eigenvalue weighted by molar-refractivity contribution is 0.249. The minimum atomic E-state index is -0.272. The van der Waals surface area contributed by atoms with Crippen LogP contribution in [0.4, 0.5) is 9.93 Å². The minimum Gasteiger partial charge on any atom is -0.330 e. The maximum Gasteiger partial charge on any atom is 0.321 e. The van der Waals surface area contributed by atoms with Gasteiger partial charge in [0.05, 0.1) is 20.6 Å². The van der Waals surface area contributed by atoms with Crippen LogP contribution in [0.3, 0.4) is 0 Å². The van der Waals surface area contributed by atoms with E-state index in [0.29, 0.717) is 9.47 Å². The fraction of sp³-hybridized carbons (Fsp3) is 0.143. The van der Waals surface area contributed by atoms with Gasteiger partial charge in [-0.05, 0) is 31.2 Å². The van der Waals surface area contributed by atoms with Gasteiger partial charge in [-0.25, -0.2) is 9.78 Å². The van der Waals surface area contributed by atoms with E-state index in [1.54, 1.807) is 0 Å². The number of nitrogens with zero attached hydrogens (tertiary/aromatic N) is 1. The van der Waals surface area contributed by atoms with Gasteiger partial charge in [-0.1, -0.05) is 35.1 Å². The molecule has 1 unspecified atom stereocenters. The van der Waals surface area contributed by atoms with Crippen molar-refractivity contribution in [1.29, 1.82) is 0 Å². The normalized spacial score (nSPS) is 12.3. The van der Waals surface area contributed by atoms with Gasteiger partial charge in [0.2, 0.25) is 0 Å². The van der Waals surface area contributed by atoms with Crippen molar-refractivity contribution >= 4 is 55.7 Å². The Bertz CT molecular complexity index is 750. The number of carbonyl (C=O) groups excluding carboxylic acids is 1. The van der Waals surface area contributed by atoms with E-state index in [1.807, 2.05) is 43.3 Å². The molecule has 108 valence electrons. The largest absolute Gasteiger partial charge is 0.330 e. The summed E-state index contributed by atoms with van der Waals surface area (Å²) in [7, 11) is 0. The second kappa shape index (κ2) is 6.01. The Morgan fingerprint density at radius 3 is 2.76 bits per heavy atom. The number of para-hydroxylation sites is 1. The lowest BCUT2D eigenvalue weighted by Gasteiger charge is -2.11. The number of thiophene rings is 1. The van der Waals surface area contributed by atoms with E-state index in [0.717, 1.165) is 15.1 Å². The van der Waals surface area contributed by atoms with E-state index in [2.05, 4.69) is 15.6 Å². The summed E-state index contributed by atoms with van der Waals surface area (Å²) in [6.07, 6.45) is 0. The lowest BCUT2D eigenvalue weighted by Crippen LogP contribution is -2.30. The highest BCUT2D eigenvalue weighted by molar-refractivity contribution is 7.22. The van der Waals surface area contributed by atoms with Gasteiger partial charge in [0.25, 0.3) is 0 Å². The molecule has 0 bridgehead atoms. The molecule has 2 N–H and O–H groups in total. The minimum absolute atomic E-state index is 0.100. The van der Waals surface area contributed by atoms with Crippen molar-refractivity contribution in [3.63, 3.8) is 0 Å². The van der Waals surface area contributed by atoms with Crippen LogP contribution in [0.5, 0.6) is 0 Å². The maximum atomic E-state index is 12.0. The first kappa shape index (κ1) is 14.3. The Hall–Kier alpha value is -1.63. The number of nitrogens with one attached hydrogen (secondary N) is 2. The molecule has 2 amide bonds. The number of carbonyl (C=O) groups is 1. The predicted molar refractivity (Wildman–Crippen MR) is 89.5 cm³/mol. The van der Waals surface area contributed by atoms with Gasteiger partial charge in [-0.15, -0.1) is 11.3 Å². The van der Waals surface area contributed by atoms with Gasteiger partial charge in [0.15, 0.2) is 5.13 Å². The van der Waals surface area contributed by atoms with Crippen molar-refractivity contribution in [2.24, 2.45) is 0 Å². The Labute approximate surface area is 134 Å². The number of benzene rings is 1. The number of fused-ring (bicyclic) bond motifs is 1. The van der Waals surface area contributed by atoms with Crippen LogP contribution in [0.25, 0.3) is 10.2 Å². The number of amides is 2. The van der Waals surface area contributed by atoms with Crippen LogP contribution in [0, 0.1) is 0 Å². The second-order valence-electron chi connectivity index (χ2n) is 4.45. The molecule has 7 heteroatoms. The molecule has 1 atom stereocenters. The highest BCUT2D eigenvalue weighted by Gasteiger charge is 2.13. The van der Waals surface area contributed by atoms with Crippen molar-refractivity contribution in [1.82, 2.24) is 10.3 Å². The molecule has 0 fully saturated rings. The fourth-order valence-electron chi connectivity index (χ4n) is 1.89. The number of aromatic nitrogens is 1. The summed E-state index contributed by atoms with van der Waals surface area (Å²) in [6.45, 7) is 1.92. The summed E-state index contributed by atoms with van der Waals surface area (Å²) in [5.74, 6) is 0. The van der Waals surface area contributed by atoms with Crippen LogP contribution in [0.1, 0.15) is 17.8 Å². The molecule has 2 aromatic heterocycles. The Balaban J connectivity index is 1.66. The Kier molecular flexibility index (Phi) is 4.10. The smallest absolute Gasteiger partial charge is 0.321 e. The standard InChI is InChI=1S/C14H12ClN3OS2/c1-8(10-6-7-12(15)20-10)16-13(19)18-14-17-9-4-2-3-5-11(9)21-14/h2-8H,1H3,(H2,16,17,18,19). The molecule has 0 saturated carbocycles. The van der Waals surface area contributed by atoms with Crippen molar-refractivity contribution in [3.8, 4) is 0 Å². The van der Waals surface area contributed by atoms with Crippen LogP contribution in [0.15, 0.2) is 36.4 Å². The van der Waals surface area contributed by atoms with Gasteiger partial charge >= 0.3 is 6.03 Å². The highest BCUT2D eigenvalue weighted by Crippen LogP contribution is 2.27. The van der Waals surface area contributed by atoms with E-state index >= 15 is 0 Å². The molecule has 0 saturated heterocycles. The number of anilines is 1. The first-order valence-corrected chi connectivity index (χ1v) is 8.31. The monoisotopic (exact) mass is 337 g/mol. The van der Waals surface area contributed by atoms with Crippen molar-refractivity contribution in [2.75, 3.05) is 5.32 Å². The SMILES string of the molecule is CC(NC(=O)Nc1nc2ccccc2s1)c1ccc(Cl)s1. The van der Waals surface area contributed by atoms with Crippen LogP contribution in [-0.2, 0) is 0 Å². The molecule has 3 aromatic rings. The maximum absolute atomic E-state index is 12.0. The van der Waals surface area contributed by atoms with E-state index in [4.69, 9.17) is 11.6 Å². The van der Waals surface area contributed by atoms with Gasteiger partial charge in [0.1, 0.15) is 0 Å². The summed E-state index contributed by atoms with van der Waals surface area (Å²) in [4.78, 5) is 17.4. The lowest BCUT2D eigenvalue weighted by atomic mass is 10.3. The molecule has 0 aliphatic carbocycles. The zero-order valence-corrected chi connectivity index (χ0v) is 13.5. The number of rotatable bonds is 3. The molecule has 0 spiro atoms. The third-order valence-corrected chi connectivity index (χ3v) is 5.25. The zero-order chi connectivity index (χ0) is 14.8. The van der Waals surface area contributed by atoms with E-state index in [9.17, 15) is 4.79 Å². The summed E-state index contributed by atoms with van der Waals surface area (Å²) in [6, 6.07) is 11.1. The van der Waals surface area contributed by atoms with Gasteiger partial charge in [-0.2, -0.15) is 0 Å². The third-order valence-electron chi connectivity index (χ3n) is 2.88. The first-order chi connectivity index (χ1) is 10.1. The predicted octanol–water partition coefficient (Wildman–Crippen LogP) is 4.89. The third kappa shape index (κ3) is 3.34. The quantitative estimate of drug-likeness (QED) is 0.714. The van der Waals surface area contributed by atoms with E-state index in [1.165, 1.54) is 22.7 Å². The molecule has 0 radical (unpaired) electrons. The fourth-order valence-corrected chi connectivity index (χ4v) is 3.81. The molecular formula is C14H12ClN3OS2. The van der Waals surface area contributed by atoms with Crippen molar-refractivity contribution in [3.05, 3.63) is 45.6 Å². The van der Waals surface area contributed by atoms with Crippen LogP contribution < -0.4 is 10.6 Å². The number of hydrogen-bond donors (Lipinski definition) is 2. The molecule has 3 rings (SSSR count). The Morgan fingerprint density at radius 2 is 2.05 bits per heavy atom. The first-order valence-electron chi connectivity index (χ1n) is 6.30. The van der Waals surface area contributed by atoms with Gasteiger partial charge in [-0.3, -0.25) is 5.32 Å². The van der Waals surface area contributed by atoms with Gasteiger partial charge in [0, 0.05) is 4.88 Å². The second-order valence-corrected chi connectivity index (χ2v) is 7.23. The van der Waals surface area contributed by atoms with Gasteiger partial charge < -0.3 is 5.32 Å². The molecule has 0 aliphatic rings. The number of hydrogen-bond acceptors (Lipinski definition) is 4. The summed E-state index contributed by atoms with van der Waals surface area (Å²) in [5, 5.41) is 6.23. The van der Waals surface area contributed by atoms with E-state index < -0.39 is 0 Å². The average molecular weight is 338 g/mol.